The number of nitrogens with one attached hydrogen (secondary N) is 1. The SMILES string of the molecule is COC(=O)c1cc(Br)c(OC(=S)Nc2ccc(Br)cc2)c(Br)c1. The van der Waals surface area contributed by atoms with Gasteiger partial charge in [0, 0.05) is 10.2 Å². The molecule has 0 heterocycles. The second-order valence-electron chi connectivity index (χ2n) is 4.28. The quantitative estimate of drug-likeness (QED) is 0.423. The third-order valence-electron chi connectivity index (χ3n) is 2.70. The number of hydrogen-bond donors (Lipinski definition) is 1. The van der Waals surface area contributed by atoms with E-state index in [2.05, 4.69) is 53.1 Å². The first-order chi connectivity index (χ1) is 10.9. The molecule has 0 aromatic heterocycles. The van der Waals surface area contributed by atoms with Crippen molar-refractivity contribution in [3.63, 3.8) is 0 Å². The van der Waals surface area contributed by atoms with Gasteiger partial charge in [-0.2, -0.15) is 0 Å². The molecule has 2 rings (SSSR count). The standard InChI is InChI=1S/C15H10Br3NO3S/c1-21-14(20)8-6-11(17)13(12(18)7-8)22-15(23)19-10-4-2-9(16)3-5-10/h2-7H,1H3,(H,19,23). The Bertz CT molecular complexity index is 727. The zero-order valence-corrected chi connectivity index (χ0v) is 17.3. The number of esters is 1. The van der Waals surface area contributed by atoms with Crippen LogP contribution in [0.5, 0.6) is 5.75 Å². The Balaban J connectivity index is 2.14. The van der Waals surface area contributed by atoms with Gasteiger partial charge in [-0.1, -0.05) is 15.9 Å². The third kappa shape index (κ3) is 5.00. The molecule has 0 spiro atoms. The number of carbonyl (C=O) groups is 1. The van der Waals surface area contributed by atoms with E-state index in [1.165, 1.54) is 7.11 Å². The highest BCUT2D eigenvalue weighted by Gasteiger charge is 2.15. The van der Waals surface area contributed by atoms with Crippen LogP contribution in [0.2, 0.25) is 0 Å². The number of ether oxygens (including phenoxy) is 2. The fourth-order valence-electron chi connectivity index (χ4n) is 1.66. The fourth-order valence-corrected chi connectivity index (χ4v) is 3.48. The minimum Gasteiger partial charge on any atom is -0.465 e. The maximum absolute atomic E-state index is 11.6. The van der Waals surface area contributed by atoms with Crippen molar-refractivity contribution in [1.82, 2.24) is 0 Å². The molecule has 0 atom stereocenters. The number of methoxy groups -OCH3 is 1. The molecule has 0 aliphatic rings. The van der Waals surface area contributed by atoms with Crippen LogP contribution in [0.15, 0.2) is 49.8 Å². The molecule has 4 nitrogen and oxygen atoms in total. The van der Waals surface area contributed by atoms with Crippen molar-refractivity contribution < 1.29 is 14.3 Å². The van der Waals surface area contributed by atoms with Gasteiger partial charge in [0.15, 0.2) is 5.75 Å². The molecule has 0 radical (unpaired) electrons. The first kappa shape index (κ1) is 18.4. The lowest BCUT2D eigenvalue weighted by molar-refractivity contribution is 0.0600. The molecule has 1 N–H and O–H groups in total. The van der Waals surface area contributed by atoms with E-state index in [0.717, 1.165) is 10.2 Å². The van der Waals surface area contributed by atoms with Crippen molar-refractivity contribution >= 4 is 76.8 Å². The van der Waals surface area contributed by atoms with Gasteiger partial charge in [-0.15, -0.1) is 0 Å². The van der Waals surface area contributed by atoms with Crippen LogP contribution in [-0.2, 0) is 4.74 Å². The smallest absolute Gasteiger partial charge is 0.337 e. The molecule has 0 saturated carbocycles. The predicted molar refractivity (Wildman–Crippen MR) is 104 cm³/mol. The van der Waals surface area contributed by atoms with E-state index in [1.807, 2.05) is 24.3 Å². The Morgan fingerprint density at radius 3 is 2.17 bits per heavy atom. The van der Waals surface area contributed by atoms with E-state index in [4.69, 9.17) is 21.7 Å². The summed E-state index contributed by atoms with van der Waals surface area (Å²) in [5, 5.41) is 3.16. The number of anilines is 1. The summed E-state index contributed by atoms with van der Waals surface area (Å²) in [5.41, 5.74) is 1.20. The molecule has 0 saturated heterocycles. The van der Waals surface area contributed by atoms with E-state index in [0.29, 0.717) is 20.3 Å². The Labute approximate surface area is 163 Å². The van der Waals surface area contributed by atoms with Gasteiger partial charge in [-0.3, -0.25) is 0 Å². The van der Waals surface area contributed by atoms with Gasteiger partial charge >= 0.3 is 5.97 Å². The number of rotatable bonds is 3. The normalized spacial score (nSPS) is 10.1. The van der Waals surface area contributed by atoms with E-state index >= 15 is 0 Å². The topological polar surface area (TPSA) is 47.6 Å². The molecule has 23 heavy (non-hydrogen) atoms. The van der Waals surface area contributed by atoms with Gasteiger partial charge < -0.3 is 14.8 Å². The number of hydrogen-bond acceptors (Lipinski definition) is 4. The summed E-state index contributed by atoms with van der Waals surface area (Å²) in [6.07, 6.45) is 0. The van der Waals surface area contributed by atoms with Crippen molar-refractivity contribution in [3.05, 3.63) is 55.4 Å². The summed E-state index contributed by atoms with van der Waals surface area (Å²) >= 11 is 15.3. The Kier molecular flexibility index (Phi) is 6.58. The lowest BCUT2D eigenvalue weighted by atomic mass is 10.2. The second-order valence-corrected chi connectivity index (χ2v) is 7.28. The maximum Gasteiger partial charge on any atom is 0.337 e. The van der Waals surface area contributed by atoms with Crippen LogP contribution in [0.1, 0.15) is 10.4 Å². The van der Waals surface area contributed by atoms with Gasteiger partial charge in [0.1, 0.15) is 0 Å². The molecule has 0 unspecified atom stereocenters. The molecule has 0 fully saturated rings. The third-order valence-corrected chi connectivity index (χ3v) is 4.60. The largest absolute Gasteiger partial charge is 0.465 e. The highest BCUT2D eigenvalue weighted by molar-refractivity contribution is 9.11. The highest BCUT2D eigenvalue weighted by atomic mass is 79.9. The van der Waals surface area contributed by atoms with E-state index in [9.17, 15) is 4.79 Å². The van der Waals surface area contributed by atoms with Crippen LogP contribution < -0.4 is 10.1 Å². The van der Waals surface area contributed by atoms with E-state index < -0.39 is 5.97 Å². The number of carbonyl (C=O) groups excluding carboxylic acids is 1. The average Bonchev–Trinajstić information content (AvgIpc) is 2.52. The molecular weight excluding hydrogens is 514 g/mol. The molecule has 0 aliphatic carbocycles. The van der Waals surface area contributed by atoms with Crippen LogP contribution >= 0.6 is 60.0 Å². The van der Waals surface area contributed by atoms with Crippen LogP contribution in [0, 0.1) is 0 Å². The van der Waals surface area contributed by atoms with E-state index in [-0.39, 0.29) is 5.17 Å². The Hall–Kier alpha value is -0.960. The summed E-state index contributed by atoms with van der Waals surface area (Å²) < 4.78 is 12.5. The van der Waals surface area contributed by atoms with Crippen molar-refractivity contribution in [2.75, 3.05) is 12.4 Å². The second kappa shape index (κ2) is 8.23. The summed E-state index contributed by atoms with van der Waals surface area (Å²) in [7, 11) is 1.33. The van der Waals surface area contributed by atoms with Crippen molar-refractivity contribution in [2.24, 2.45) is 0 Å². The number of benzene rings is 2. The Morgan fingerprint density at radius 1 is 1.09 bits per heavy atom. The van der Waals surface area contributed by atoms with Crippen LogP contribution in [0.3, 0.4) is 0 Å². The molecule has 8 heteroatoms. The van der Waals surface area contributed by atoms with Gasteiger partial charge in [-0.25, -0.2) is 4.79 Å². The minimum atomic E-state index is -0.437. The zero-order valence-electron chi connectivity index (χ0n) is 11.7. The molecular formula is C15H10Br3NO3S. The molecule has 0 bridgehead atoms. The zero-order chi connectivity index (χ0) is 17.0. The average molecular weight is 524 g/mol. The maximum atomic E-state index is 11.6. The fraction of sp³-hybridized carbons (Fsp3) is 0.0667. The van der Waals surface area contributed by atoms with Gasteiger partial charge in [-0.05, 0) is 80.5 Å². The summed E-state index contributed by atoms with van der Waals surface area (Å²) in [4.78, 5) is 11.6. The first-order valence-corrected chi connectivity index (χ1v) is 9.01. The molecule has 2 aromatic rings. The summed E-state index contributed by atoms with van der Waals surface area (Å²) in [6, 6.07) is 10.7. The molecule has 2 aromatic carbocycles. The van der Waals surface area contributed by atoms with Gasteiger partial charge in [0.2, 0.25) is 0 Å². The number of thiocarbonyl (C=S) groups is 1. The lowest BCUT2D eigenvalue weighted by Crippen LogP contribution is -2.17. The summed E-state index contributed by atoms with van der Waals surface area (Å²) in [6.45, 7) is 0. The molecule has 0 amide bonds. The van der Waals surface area contributed by atoms with Crippen molar-refractivity contribution in [3.8, 4) is 5.75 Å². The predicted octanol–water partition coefficient (Wildman–Crippen LogP) is 5.54. The Morgan fingerprint density at radius 2 is 1.65 bits per heavy atom. The van der Waals surface area contributed by atoms with Crippen LogP contribution in [0.4, 0.5) is 5.69 Å². The van der Waals surface area contributed by atoms with E-state index in [1.54, 1.807) is 12.1 Å². The first-order valence-electron chi connectivity index (χ1n) is 6.22. The number of halogens is 3. The minimum absolute atomic E-state index is 0.180. The lowest BCUT2D eigenvalue weighted by Gasteiger charge is -2.13. The van der Waals surface area contributed by atoms with Crippen LogP contribution in [0.25, 0.3) is 0 Å². The van der Waals surface area contributed by atoms with Gasteiger partial charge in [0.25, 0.3) is 5.17 Å². The van der Waals surface area contributed by atoms with Crippen molar-refractivity contribution in [2.45, 2.75) is 0 Å². The molecule has 0 aliphatic heterocycles. The van der Waals surface area contributed by atoms with Crippen molar-refractivity contribution in [1.29, 1.82) is 0 Å². The summed E-state index contributed by atoms with van der Waals surface area (Å²) in [5.74, 6) is 0.0285. The van der Waals surface area contributed by atoms with Gasteiger partial charge in [0.05, 0.1) is 21.6 Å². The molecule has 120 valence electrons. The monoisotopic (exact) mass is 521 g/mol. The highest BCUT2D eigenvalue weighted by Crippen LogP contribution is 2.35. The van der Waals surface area contributed by atoms with Crippen LogP contribution in [-0.4, -0.2) is 18.3 Å².